The molecular weight excluding hydrogens is 214 g/mol. The van der Waals surface area contributed by atoms with Crippen LogP contribution < -0.4 is 5.32 Å². The van der Waals surface area contributed by atoms with Gasteiger partial charge in [0.25, 0.3) is 5.91 Å². The van der Waals surface area contributed by atoms with Crippen molar-refractivity contribution in [2.45, 2.75) is 26.8 Å². The van der Waals surface area contributed by atoms with E-state index < -0.39 is 0 Å². The lowest BCUT2D eigenvalue weighted by molar-refractivity contribution is 0.0902. The predicted molar refractivity (Wildman–Crippen MR) is 60.3 cm³/mol. The van der Waals surface area contributed by atoms with Crippen molar-refractivity contribution in [3.8, 4) is 0 Å². The zero-order valence-corrected chi connectivity index (χ0v) is 9.97. The topological polar surface area (TPSA) is 42.2 Å². The Morgan fingerprint density at radius 2 is 2.27 bits per heavy atom. The van der Waals surface area contributed by atoms with E-state index in [0.29, 0.717) is 17.6 Å². The van der Waals surface area contributed by atoms with E-state index >= 15 is 0 Å². The van der Waals surface area contributed by atoms with Gasteiger partial charge in [-0.3, -0.25) is 4.79 Å². The fraction of sp³-hybridized carbons (Fsp3) is 0.545. The molecule has 1 amide bonds. The smallest absolute Gasteiger partial charge is 0.287 e. The van der Waals surface area contributed by atoms with Crippen LogP contribution in [0.25, 0.3) is 0 Å². The number of alkyl halides is 1. The summed E-state index contributed by atoms with van der Waals surface area (Å²) in [6.07, 6.45) is 1.51. The van der Waals surface area contributed by atoms with Crippen LogP contribution in [0.3, 0.4) is 0 Å². The van der Waals surface area contributed by atoms with Gasteiger partial charge in [0.2, 0.25) is 0 Å². The van der Waals surface area contributed by atoms with Gasteiger partial charge in [-0.05, 0) is 18.9 Å². The molecule has 0 radical (unpaired) electrons. The van der Waals surface area contributed by atoms with Crippen LogP contribution >= 0.6 is 11.6 Å². The average molecular weight is 230 g/mol. The van der Waals surface area contributed by atoms with E-state index in [-0.39, 0.29) is 11.9 Å². The standard InChI is InChI=1S/C11H16ClNO2/c1-7(2)9(6-12)13-11(14)10-8(3)4-5-15-10/h4-5,7,9H,6H2,1-3H3,(H,13,14). The van der Waals surface area contributed by atoms with E-state index in [1.54, 1.807) is 6.07 Å². The Kier molecular flexibility index (Phi) is 4.21. The Balaban J connectivity index is 2.67. The summed E-state index contributed by atoms with van der Waals surface area (Å²) in [4.78, 5) is 11.7. The second-order valence-electron chi connectivity index (χ2n) is 3.91. The third-order valence-electron chi connectivity index (χ3n) is 2.36. The highest BCUT2D eigenvalue weighted by molar-refractivity contribution is 6.18. The zero-order chi connectivity index (χ0) is 11.4. The largest absolute Gasteiger partial charge is 0.459 e. The molecule has 0 aromatic carbocycles. The number of aryl methyl sites for hydroxylation is 1. The van der Waals surface area contributed by atoms with Crippen molar-refractivity contribution in [1.29, 1.82) is 0 Å². The van der Waals surface area contributed by atoms with Crippen molar-refractivity contribution >= 4 is 17.5 Å². The molecular formula is C11H16ClNO2. The normalized spacial score (nSPS) is 12.9. The third kappa shape index (κ3) is 2.99. The van der Waals surface area contributed by atoms with Gasteiger partial charge in [-0.2, -0.15) is 0 Å². The molecule has 1 heterocycles. The molecule has 0 bridgehead atoms. The number of nitrogens with one attached hydrogen (secondary N) is 1. The van der Waals surface area contributed by atoms with Crippen LogP contribution in [-0.4, -0.2) is 17.8 Å². The number of carbonyl (C=O) groups is 1. The lowest BCUT2D eigenvalue weighted by Gasteiger charge is -2.19. The Hall–Kier alpha value is -0.960. The molecule has 1 N–H and O–H groups in total. The first-order valence-electron chi connectivity index (χ1n) is 4.97. The average Bonchev–Trinajstić information content (AvgIpc) is 2.60. The number of halogens is 1. The summed E-state index contributed by atoms with van der Waals surface area (Å²) in [5.41, 5.74) is 0.838. The van der Waals surface area contributed by atoms with Crippen LogP contribution in [0.1, 0.15) is 30.0 Å². The fourth-order valence-corrected chi connectivity index (χ4v) is 1.66. The van der Waals surface area contributed by atoms with Crippen molar-refractivity contribution in [1.82, 2.24) is 5.32 Å². The van der Waals surface area contributed by atoms with Crippen molar-refractivity contribution in [2.75, 3.05) is 5.88 Å². The molecule has 0 aliphatic heterocycles. The van der Waals surface area contributed by atoms with Gasteiger partial charge in [0, 0.05) is 17.5 Å². The maximum absolute atomic E-state index is 11.7. The molecule has 0 spiro atoms. The van der Waals surface area contributed by atoms with Crippen LogP contribution in [0.2, 0.25) is 0 Å². The molecule has 0 saturated heterocycles. The Morgan fingerprint density at radius 1 is 1.60 bits per heavy atom. The number of hydrogen-bond donors (Lipinski definition) is 1. The first-order chi connectivity index (χ1) is 7.06. The van der Waals surface area contributed by atoms with Crippen LogP contribution in [-0.2, 0) is 0 Å². The van der Waals surface area contributed by atoms with E-state index in [9.17, 15) is 4.79 Å². The summed E-state index contributed by atoms with van der Waals surface area (Å²) in [7, 11) is 0. The number of amides is 1. The summed E-state index contributed by atoms with van der Waals surface area (Å²) in [5.74, 6) is 0.882. The first-order valence-corrected chi connectivity index (χ1v) is 5.50. The molecule has 0 aliphatic rings. The highest BCUT2D eigenvalue weighted by Crippen LogP contribution is 2.10. The molecule has 0 fully saturated rings. The van der Waals surface area contributed by atoms with Gasteiger partial charge in [0.05, 0.1) is 6.26 Å². The minimum absolute atomic E-state index is 0.0244. The Bertz CT molecular complexity index is 333. The van der Waals surface area contributed by atoms with Gasteiger partial charge in [-0.15, -0.1) is 11.6 Å². The van der Waals surface area contributed by atoms with Crippen LogP contribution in [0.5, 0.6) is 0 Å². The number of hydrogen-bond acceptors (Lipinski definition) is 2. The highest BCUT2D eigenvalue weighted by Gasteiger charge is 2.19. The lowest BCUT2D eigenvalue weighted by Crippen LogP contribution is -2.39. The SMILES string of the molecule is Cc1ccoc1C(=O)NC(CCl)C(C)C. The van der Waals surface area contributed by atoms with Gasteiger partial charge >= 0.3 is 0 Å². The van der Waals surface area contributed by atoms with Crippen molar-refractivity contribution in [3.05, 3.63) is 23.7 Å². The minimum atomic E-state index is -0.197. The van der Waals surface area contributed by atoms with Crippen molar-refractivity contribution in [2.24, 2.45) is 5.92 Å². The summed E-state index contributed by atoms with van der Waals surface area (Å²) in [5, 5.41) is 2.84. The highest BCUT2D eigenvalue weighted by atomic mass is 35.5. The summed E-state index contributed by atoms with van der Waals surface area (Å²) in [6, 6.07) is 1.74. The van der Waals surface area contributed by atoms with E-state index in [4.69, 9.17) is 16.0 Å². The molecule has 1 rings (SSSR count). The maximum atomic E-state index is 11.7. The molecule has 3 nitrogen and oxygen atoms in total. The molecule has 84 valence electrons. The van der Waals surface area contributed by atoms with Gasteiger partial charge in [0.15, 0.2) is 5.76 Å². The van der Waals surface area contributed by atoms with Gasteiger partial charge in [-0.25, -0.2) is 0 Å². The quantitative estimate of drug-likeness (QED) is 0.807. The van der Waals surface area contributed by atoms with E-state index in [2.05, 4.69) is 5.32 Å². The fourth-order valence-electron chi connectivity index (χ4n) is 1.22. The third-order valence-corrected chi connectivity index (χ3v) is 2.69. The van der Waals surface area contributed by atoms with E-state index in [1.165, 1.54) is 6.26 Å². The van der Waals surface area contributed by atoms with E-state index in [1.807, 2.05) is 20.8 Å². The maximum Gasteiger partial charge on any atom is 0.287 e. The molecule has 15 heavy (non-hydrogen) atoms. The van der Waals surface area contributed by atoms with Gasteiger partial charge in [-0.1, -0.05) is 13.8 Å². The Labute approximate surface area is 94.8 Å². The van der Waals surface area contributed by atoms with Crippen molar-refractivity contribution < 1.29 is 9.21 Å². The molecule has 0 aliphatic carbocycles. The lowest BCUT2D eigenvalue weighted by atomic mass is 10.1. The molecule has 0 saturated carbocycles. The molecule has 1 atom stereocenters. The molecule has 4 heteroatoms. The van der Waals surface area contributed by atoms with E-state index in [0.717, 1.165) is 5.56 Å². The number of furan rings is 1. The summed E-state index contributed by atoms with van der Waals surface area (Å²) < 4.78 is 5.10. The summed E-state index contributed by atoms with van der Waals surface area (Å²) in [6.45, 7) is 5.87. The van der Waals surface area contributed by atoms with Crippen LogP contribution in [0.15, 0.2) is 16.7 Å². The van der Waals surface area contributed by atoms with Crippen LogP contribution in [0, 0.1) is 12.8 Å². The van der Waals surface area contributed by atoms with Crippen LogP contribution in [0.4, 0.5) is 0 Å². The predicted octanol–water partition coefficient (Wildman–Crippen LogP) is 2.58. The monoisotopic (exact) mass is 229 g/mol. The van der Waals surface area contributed by atoms with Crippen molar-refractivity contribution in [3.63, 3.8) is 0 Å². The number of rotatable bonds is 4. The molecule has 1 aromatic heterocycles. The minimum Gasteiger partial charge on any atom is -0.459 e. The van der Waals surface area contributed by atoms with Gasteiger partial charge in [0.1, 0.15) is 0 Å². The summed E-state index contributed by atoms with van der Waals surface area (Å²) >= 11 is 5.76. The second kappa shape index (κ2) is 5.21. The van der Waals surface area contributed by atoms with Gasteiger partial charge < -0.3 is 9.73 Å². The number of carbonyl (C=O) groups excluding carboxylic acids is 1. The second-order valence-corrected chi connectivity index (χ2v) is 4.22. The first kappa shape index (κ1) is 12.1. The molecule has 1 unspecified atom stereocenters. The Morgan fingerprint density at radius 3 is 2.67 bits per heavy atom. The zero-order valence-electron chi connectivity index (χ0n) is 9.21. The molecule has 1 aromatic rings.